The van der Waals surface area contributed by atoms with Gasteiger partial charge in [0.15, 0.2) is 6.61 Å². The van der Waals surface area contributed by atoms with Gasteiger partial charge in [0.1, 0.15) is 11.8 Å². The van der Waals surface area contributed by atoms with Crippen molar-refractivity contribution in [3.8, 4) is 11.8 Å². The van der Waals surface area contributed by atoms with E-state index >= 15 is 0 Å². The first kappa shape index (κ1) is 11.1. The van der Waals surface area contributed by atoms with Gasteiger partial charge in [0.25, 0.3) is 0 Å². The Bertz CT molecular complexity index is 543. The predicted molar refractivity (Wildman–Crippen MR) is 59.2 cm³/mol. The molecule has 1 aromatic heterocycles. The number of nitrogens with zero attached hydrogens (tertiary/aromatic N) is 3. The van der Waals surface area contributed by atoms with Crippen molar-refractivity contribution in [1.29, 1.82) is 5.26 Å². The summed E-state index contributed by atoms with van der Waals surface area (Å²) < 4.78 is 10.4. The molecule has 2 aromatic rings. The summed E-state index contributed by atoms with van der Waals surface area (Å²) >= 11 is 0. The molecule has 5 heteroatoms. The van der Waals surface area contributed by atoms with Crippen molar-refractivity contribution in [3.05, 3.63) is 41.5 Å². The molecule has 0 aliphatic rings. The lowest BCUT2D eigenvalue weighted by Crippen LogP contribution is -1.99. The Morgan fingerprint density at radius 3 is 2.94 bits per heavy atom. The van der Waals surface area contributed by atoms with E-state index in [1.54, 1.807) is 18.2 Å². The number of rotatable bonds is 4. The number of benzene rings is 1. The Morgan fingerprint density at radius 2 is 2.24 bits per heavy atom. The summed E-state index contributed by atoms with van der Waals surface area (Å²) in [4.78, 5) is 4.11. The molecule has 0 N–H and O–H groups in total. The Hall–Kier alpha value is -2.35. The number of para-hydroxylation sites is 1. The predicted octanol–water partition coefficient (Wildman–Crippen LogP) is 2.08. The van der Waals surface area contributed by atoms with E-state index in [9.17, 15) is 0 Å². The average Bonchev–Trinajstić information content (AvgIpc) is 2.84. The van der Waals surface area contributed by atoms with Gasteiger partial charge in [-0.2, -0.15) is 10.2 Å². The van der Waals surface area contributed by atoms with Gasteiger partial charge in [0.05, 0.1) is 5.56 Å². The number of hydrogen-bond donors (Lipinski definition) is 0. The summed E-state index contributed by atoms with van der Waals surface area (Å²) in [6.45, 7) is 2.13. The topological polar surface area (TPSA) is 71.9 Å². The molecule has 0 saturated heterocycles. The molecule has 0 aliphatic heterocycles. The maximum absolute atomic E-state index is 8.88. The number of aryl methyl sites for hydroxylation is 1. The van der Waals surface area contributed by atoms with E-state index in [0.29, 0.717) is 29.4 Å². The van der Waals surface area contributed by atoms with Gasteiger partial charge in [0.2, 0.25) is 11.7 Å². The minimum absolute atomic E-state index is 0.197. The molecule has 5 nitrogen and oxygen atoms in total. The molecule has 0 atom stereocenters. The summed E-state index contributed by atoms with van der Waals surface area (Å²) in [5.74, 6) is 1.59. The highest BCUT2D eigenvalue weighted by Crippen LogP contribution is 2.17. The second-order valence-electron chi connectivity index (χ2n) is 3.35. The van der Waals surface area contributed by atoms with Crippen molar-refractivity contribution < 1.29 is 9.26 Å². The molecule has 0 radical (unpaired) electrons. The second kappa shape index (κ2) is 5.12. The third-order valence-corrected chi connectivity index (χ3v) is 2.18. The number of ether oxygens (including phenoxy) is 1. The van der Waals surface area contributed by atoms with Gasteiger partial charge in [-0.05, 0) is 12.1 Å². The highest BCUT2D eigenvalue weighted by Gasteiger charge is 2.07. The summed E-state index contributed by atoms with van der Waals surface area (Å²) in [7, 11) is 0. The van der Waals surface area contributed by atoms with Crippen LogP contribution in [-0.2, 0) is 13.0 Å². The van der Waals surface area contributed by atoms with Crippen molar-refractivity contribution in [2.45, 2.75) is 20.0 Å². The van der Waals surface area contributed by atoms with Crippen LogP contribution in [0.15, 0.2) is 28.8 Å². The van der Waals surface area contributed by atoms with Crippen LogP contribution in [0.2, 0.25) is 0 Å². The number of aromatic nitrogens is 2. The number of nitriles is 1. The zero-order chi connectivity index (χ0) is 12.1. The number of hydrogen-bond acceptors (Lipinski definition) is 5. The quantitative estimate of drug-likeness (QED) is 0.802. The fraction of sp³-hybridized carbons (Fsp3) is 0.250. The maximum Gasteiger partial charge on any atom is 0.226 e. The molecule has 0 saturated carbocycles. The van der Waals surface area contributed by atoms with Crippen molar-refractivity contribution >= 4 is 0 Å². The van der Waals surface area contributed by atoms with E-state index in [1.165, 1.54) is 0 Å². The Morgan fingerprint density at radius 1 is 1.41 bits per heavy atom. The van der Waals surface area contributed by atoms with Crippen LogP contribution >= 0.6 is 0 Å². The molecular formula is C12H11N3O2. The van der Waals surface area contributed by atoms with Gasteiger partial charge in [-0.25, -0.2) is 0 Å². The standard InChI is InChI=1S/C12H11N3O2/c1-2-12-14-11(15-17-12)8-16-10-6-4-3-5-9(10)7-13/h3-6H,2,8H2,1H3. The molecule has 0 amide bonds. The summed E-state index contributed by atoms with van der Waals surface area (Å²) in [6, 6.07) is 9.09. The average molecular weight is 229 g/mol. The highest BCUT2D eigenvalue weighted by molar-refractivity contribution is 5.42. The van der Waals surface area contributed by atoms with Crippen LogP contribution in [0, 0.1) is 11.3 Å². The second-order valence-corrected chi connectivity index (χ2v) is 3.35. The molecule has 0 fully saturated rings. The van der Waals surface area contributed by atoms with Gasteiger partial charge in [-0.15, -0.1) is 0 Å². The largest absolute Gasteiger partial charge is 0.484 e. The van der Waals surface area contributed by atoms with Crippen LogP contribution in [0.4, 0.5) is 0 Å². The van der Waals surface area contributed by atoms with Crippen molar-refractivity contribution in [2.24, 2.45) is 0 Å². The van der Waals surface area contributed by atoms with Crippen molar-refractivity contribution in [3.63, 3.8) is 0 Å². The van der Waals surface area contributed by atoms with Gasteiger partial charge in [-0.1, -0.05) is 24.2 Å². The summed E-state index contributed by atoms with van der Waals surface area (Å²) in [5, 5.41) is 12.6. The van der Waals surface area contributed by atoms with Crippen LogP contribution in [-0.4, -0.2) is 10.1 Å². The maximum atomic E-state index is 8.88. The zero-order valence-corrected chi connectivity index (χ0v) is 9.38. The van der Waals surface area contributed by atoms with Crippen LogP contribution < -0.4 is 4.74 Å². The van der Waals surface area contributed by atoms with Crippen molar-refractivity contribution in [1.82, 2.24) is 10.1 Å². The Labute approximate surface area is 98.6 Å². The molecule has 0 spiro atoms. The minimum atomic E-state index is 0.197. The highest BCUT2D eigenvalue weighted by atomic mass is 16.5. The smallest absolute Gasteiger partial charge is 0.226 e. The lowest BCUT2D eigenvalue weighted by atomic mass is 10.2. The lowest BCUT2D eigenvalue weighted by molar-refractivity contribution is 0.284. The third-order valence-electron chi connectivity index (χ3n) is 2.18. The van der Waals surface area contributed by atoms with E-state index in [0.717, 1.165) is 0 Å². The van der Waals surface area contributed by atoms with Gasteiger partial charge in [0, 0.05) is 6.42 Å². The van der Waals surface area contributed by atoms with Crippen LogP contribution in [0.5, 0.6) is 5.75 Å². The van der Waals surface area contributed by atoms with Gasteiger partial charge in [-0.3, -0.25) is 0 Å². The summed E-state index contributed by atoms with van der Waals surface area (Å²) in [5.41, 5.74) is 0.492. The van der Waals surface area contributed by atoms with Crippen LogP contribution in [0.25, 0.3) is 0 Å². The van der Waals surface area contributed by atoms with E-state index < -0.39 is 0 Å². The van der Waals surface area contributed by atoms with E-state index in [-0.39, 0.29) is 6.61 Å². The van der Waals surface area contributed by atoms with Gasteiger partial charge >= 0.3 is 0 Å². The summed E-state index contributed by atoms with van der Waals surface area (Å²) in [6.07, 6.45) is 0.696. The first-order valence-corrected chi connectivity index (χ1v) is 5.27. The van der Waals surface area contributed by atoms with E-state index in [2.05, 4.69) is 16.2 Å². The molecule has 2 rings (SSSR count). The first-order chi connectivity index (χ1) is 8.33. The van der Waals surface area contributed by atoms with Crippen molar-refractivity contribution in [2.75, 3.05) is 0 Å². The molecule has 0 aliphatic carbocycles. The van der Waals surface area contributed by atoms with Crippen LogP contribution in [0.1, 0.15) is 24.2 Å². The normalized spacial score (nSPS) is 9.88. The molecule has 0 unspecified atom stereocenters. The monoisotopic (exact) mass is 229 g/mol. The fourth-order valence-electron chi connectivity index (χ4n) is 1.32. The van der Waals surface area contributed by atoms with Gasteiger partial charge < -0.3 is 9.26 Å². The minimum Gasteiger partial charge on any atom is -0.484 e. The fourth-order valence-corrected chi connectivity index (χ4v) is 1.32. The molecule has 17 heavy (non-hydrogen) atoms. The molecule has 1 heterocycles. The molecule has 86 valence electrons. The SMILES string of the molecule is CCc1nc(COc2ccccc2C#N)no1. The lowest BCUT2D eigenvalue weighted by Gasteiger charge is -2.04. The van der Waals surface area contributed by atoms with Crippen LogP contribution in [0.3, 0.4) is 0 Å². The first-order valence-electron chi connectivity index (χ1n) is 5.27. The Balaban J connectivity index is 2.05. The molecular weight excluding hydrogens is 218 g/mol. The molecule has 0 bridgehead atoms. The van der Waals surface area contributed by atoms with E-state index in [1.807, 2.05) is 13.0 Å². The zero-order valence-electron chi connectivity index (χ0n) is 9.38. The molecule has 1 aromatic carbocycles. The third kappa shape index (κ3) is 2.61. The Kier molecular flexibility index (Phi) is 3.36. The van der Waals surface area contributed by atoms with E-state index in [4.69, 9.17) is 14.5 Å².